The summed E-state index contributed by atoms with van der Waals surface area (Å²) in [4.78, 5) is 39.8. The Hall–Kier alpha value is -3.76. The maximum absolute atomic E-state index is 15.0. The van der Waals surface area contributed by atoms with Crippen LogP contribution < -0.4 is 0 Å². The maximum atomic E-state index is 15.0. The van der Waals surface area contributed by atoms with Crippen molar-refractivity contribution in [2.24, 2.45) is 5.92 Å². The molecule has 256 valence electrons. The quantitative estimate of drug-likeness (QED) is 0.347. The summed E-state index contributed by atoms with van der Waals surface area (Å²) in [7, 11) is -4.68. The van der Waals surface area contributed by atoms with Gasteiger partial charge in [-0.25, -0.2) is 22.0 Å². The number of nitrogens with zero attached hydrogens (tertiary/aromatic N) is 2. The number of carbonyl (C=O) groups excluding carboxylic acids is 2. The van der Waals surface area contributed by atoms with Gasteiger partial charge in [0.2, 0.25) is 11.8 Å². The first kappa shape index (κ1) is 34.6. The summed E-state index contributed by atoms with van der Waals surface area (Å²) in [5.41, 5.74) is -8.07. The summed E-state index contributed by atoms with van der Waals surface area (Å²) in [5.74, 6) is -4.25. The van der Waals surface area contributed by atoms with Gasteiger partial charge in [-0.3, -0.25) is 9.59 Å². The largest absolute Gasteiger partial charge is 0.480 e. The van der Waals surface area contributed by atoms with Gasteiger partial charge in [-0.1, -0.05) is 18.2 Å². The first-order chi connectivity index (χ1) is 21.7. The van der Waals surface area contributed by atoms with Crippen molar-refractivity contribution < 1.29 is 63.0 Å². The van der Waals surface area contributed by atoms with Crippen LogP contribution in [0.1, 0.15) is 49.3 Å². The van der Waals surface area contributed by atoms with E-state index in [2.05, 4.69) is 0 Å². The summed E-state index contributed by atoms with van der Waals surface area (Å²) < 4.78 is 137. The lowest BCUT2D eigenvalue weighted by atomic mass is 9.76. The van der Waals surface area contributed by atoms with E-state index in [0.29, 0.717) is 12.1 Å². The molecule has 0 radical (unpaired) electrons. The number of amides is 2. The molecule has 5 rings (SSSR count). The van der Waals surface area contributed by atoms with Crippen LogP contribution in [0.4, 0.5) is 35.1 Å². The molecule has 4 atom stereocenters. The number of alkyl halides is 7. The van der Waals surface area contributed by atoms with Gasteiger partial charge in [-0.15, -0.1) is 0 Å². The van der Waals surface area contributed by atoms with E-state index in [1.54, 1.807) is 0 Å². The number of carboxylic acid groups (broad SMARTS) is 1. The number of likely N-dealkylation sites (tertiary alicyclic amines) is 2. The van der Waals surface area contributed by atoms with Crippen molar-refractivity contribution in [3.63, 3.8) is 0 Å². The van der Waals surface area contributed by atoms with Gasteiger partial charge in [0.05, 0.1) is 10.9 Å². The van der Waals surface area contributed by atoms with Crippen LogP contribution in [0, 0.1) is 11.7 Å². The minimum Gasteiger partial charge on any atom is -0.480 e. The molecular weight excluding hydrogens is 668 g/mol. The lowest BCUT2D eigenvalue weighted by Crippen LogP contribution is -2.56. The third-order valence-electron chi connectivity index (χ3n) is 9.59. The Balaban J connectivity index is 1.62. The molecule has 2 unspecified atom stereocenters. The average molecular weight is 697 g/mol. The zero-order chi connectivity index (χ0) is 34.9. The SMILES string of the molecule is CC(=O)N1CCC(C(=O)N2CC[C@@]3(S(=O)(=O)c4ccc(F)cc4)c4ccc(C(F)(C(F)(F)F)C(F)(F)F)cc4CC[C@@H]23)CC1C(=O)O. The Morgan fingerprint density at radius 1 is 0.894 bits per heavy atom. The van der Waals surface area contributed by atoms with Gasteiger partial charge >= 0.3 is 24.0 Å². The molecule has 2 aliphatic heterocycles. The number of carboxylic acids is 1. The zero-order valence-corrected chi connectivity index (χ0v) is 25.4. The summed E-state index contributed by atoms with van der Waals surface area (Å²) in [6, 6.07) is 2.33. The number of sulfone groups is 1. The minimum absolute atomic E-state index is 0.0521. The highest BCUT2D eigenvalue weighted by molar-refractivity contribution is 7.92. The number of hydrogen-bond donors (Lipinski definition) is 1. The molecular formula is C30H28F8N2O6S. The van der Waals surface area contributed by atoms with Crippen molar-refractivity contribution in [3.8, 4) is 0 Å². The fraction of sp³-hybridized carbons (Fsp3) is 0.500. The molecule has 2 amide bonds. The molecule has 3 aliphatic rings. The molecule has 2 aromatic carbocycles. The number of carbonyl (C=O) groups is 3. The van der Waals surface area contributed by atoms with Crippen LogP contribution in [0.25, 0.3) is 0 Å². The first-order valence-electron chi connectivity index (χ1n) is 14.5. The van der Waals surface area contributed by atoms with Crippen LogP contribution >= 0.6 is 0 Å². The zero-order valence-electron chi connectivity index (χ0n) is 24.5. The molecule has 17 heteroatoms. The maximum Gasteiger partial charge on any atom is 0.435 e. The van der Waals surface area contributed by atoms with Gasteiger partial charge in [0.15, 0.2) is 9.84 Å². The van der Waals surface area contributed by atoms with E-state index >= 15 is 4.39 Å². The van der Waals surface area contributed by atoms with Crippen molar-refractivity contribution >= 4 is 27.6 Å². The van der Waals surface area contributed by atoms with Crippen LogP contribution in [0.15, 0.2) is 47.4 Å². The summed E-state index contributed by atoms with van der Waals surface area (Å²) >= 11 is 0. The lowest BCUT2D eigenvalue weighted by molar-refractivity contribution is -0.348. The molecule has 0 saturated carbocycles. The van der Waals surface area contributed by atoms with E-state index in [4.69, 9.17) is 0 Å². The van der Waals surface area contributed by atoms with E-state index in [-0.39, 0.29) is 62.4 Å². The number of rotatable bonds is 5. The fourth-order valence-electron chi connectivity index (χ4n) is 7.35. The highest BCUT2D eigenvalue weighted by Gasteiger charge is 2.74. The van der Waals surface area contributed by atoms with Crippen LogP contribution in [-0.4, -0.2) is 78.6 Å². The number of benzene rings is 2. The highest BCUT2D eigenvalue weighted by Crippen LogP contribution is 2.57. The monoisotopic (exact) mass is 696 g/mol. The molecule has 2 aromatic rings. The molecule has 1 aliphatic carbocycles. The van der Waals surface area contributed by atoms with E-state index in [1.165, 1.54) is 11.8 Å². The first-order valence-corrected chi connectivity index (χ1v) is 15.9. The average Bonchev–Trinajstić information content (AvgIpc) is 3.40. The van der Waals surface area contributed by atoms with E-state index in [9.17, 15) is 58.6 Å². The topological polar surface area (TPSA) is 112 Å². The Kier molecular flexibility index (Phi) is 8.42. The number of hydrogen-bond acceptors (Lipinski definition) is 5. The van der Waals surface area contributed by atoms with Crippen LogP contribution in [-0.2, 0) is 41.1 Å². The van der Waals surface area contributed by atoms with Gasteiger partial charge in [-0.05, 0) is 67.5 Å². The number of aliphatic carboxylic acids is 1. The number of fused-ring (bicyclic) bond motifs is 3. The van der Waals surface area contributed by atoms with Gasteiger partial charge in [-0.2, -0.15) is 26.3 Å². The third-order valence-corrected chi connectivity index (χ3v) is 12.1. The summed E-state index contributed by atoms with van der Waals surface area (Å²) in [6.45, 7) is 0.859. The van der Waals surface area contributed by atoms with E-state index in [0.717, 1.165) is 29.2 Å². The Labute approximate surface area is 263 Å². The smallest absolute Gasteiger partial charge is 0.435 e. The van der Waals surface area contributed by atoms with Crippen molar-refractivity contribution in [2.45, 2.75) is 78.8 Å². The highest BCUT2D eigenvalue weighted by atomic mass is 32.2. The van der Waals surface area contributed by atoms with Crippen molar-refractivity contribution in [1.29, 1.82) is 0 Å². The summed E-state index contributed by atoms with van der Waals surface area (Å²) in [5, 5.41) is 9.70. The molecule has 1 N–H and O–H groups in total. The van der Waals surface area contributed by atoms with Gasteiger partial charge in [0.25, 0.3) is 0 Å². The number of aryl methyl sites for hydroxylation is 1. The van der Waals surface area contributed by atoms with Crippen molar-refractivity contribution in [2.75, 3.05) is 13.1 Å². The molecule has 0 aromatic heterocycles. The lowest BCUT2D eigenvalue weighted by Gasteiger charge is -2.44. The van der Waals surface area contributed by atoms with Crippen LogP contribution in [0.3, 0.4) is 0 Å². The van der Waals surface area contributed by atoms with Crippen LogP contribution in [0.5, 0.6) is 0 Å². The Morgan fingerprint density at radius 2 is 1.51 bits per heavy atom. The molecule has 8 nitrogen and oxygen atoms in total. The van der Waals surface area contributed by atoms with Gasteiger partial charge in [0.1, 0.15) is 16.6 Å². The molecule has 2 saturated heterocycles. The molecule has 0 spiro atoms. The van der Waals surface area contributed by atoms with Crippen LogP contribution in [0.2, 0.25) is 0 Å². The molecule has 0 bridgehead atoms. The van der Waals surface area contributed by atoms with Crippen molar-refractivity contribution in [1.82, 2.24) is 9.80 Å². The fourth-order valence-corrected chi connectivity index (χ4v) is 9.72. The third kappa shape index (κ3) is 5.24. The van der Waals surface area contributed by atoms with Crippen molar-refractivity contribution in [3.05, 3.63) is 65.0 Å². The summed E-state index contributed by atoms with van der Waals surface area (Å²) in [6.07, 6.45) is -14.0. The second-order valence-corrected chi connectivity index (χ2v) is 14.2. The van der Waals surface area contributed by atoms with Gasteiger partial charge < -0.3 is 14.9 Å². The Morgan fingerprint density at radius 3 is 2.06 bits per heavy atom. The molecule has 2 fully saturated rings. The predicted molar refractivity (Wildman–Crippen MR) is 147 cm³/mol. The number of piperidine rings is 1. The standard InChI is InChI=1S/C30H28F8N2O6S/c1-16(41)39-12-10-18(15-23(39)26(43)44)25(42)40-13-11-27(47(45,46)21-6-4-20(31)5-7-21)22-8-3-19(14-17(22)2-9-24(27)40)28(32,29(33,34)35)30(36,37)38/h3-8,14,18,23-24H,2,9-13,15H2,1H3,(H,43,44)/t18?,23?,24-,27-/m1/s1. The normalized spacial score (nSPS) is 25.3. The molecule has 47 heavy (non-hydrogen) atoms. The predicted octanol–water partition coefficient (Wildman–Crippen LogP) is 5.04. The second-order valence-electron chi connectivity index (χ2n) is 12.0. The minimum atomic E-state index is -6.41. The van der Waals surface area contributed by atoms with E-state index in [1.807, 2.05) is 0 Å². The Bertz CT molecular complexity index is 1700. The second kappa shape index (κ2) is 11.4. The van der Waals surface area contributed by atoms with E-state index < -0.39 is 84.7 Å². The molecule has 2 heterocycles. The number of halogens is 8. The van der Waals surface area contributed by atoms with Gasteiger partial charge in [0, 0.05) is 31.5 Å².